The number of rotatable bonds is 6. The second kappa shape index (κ2) is 6.84. The van der Waals surface area contributed by atoms with Gasteiger partial charge in [-0.2, -0.15) is 0 Å². The van der Waals surface area contributed by atoms with Crippen molar-refractivity contribution in [2.45, 2.75) is 39.1 Å². The van der Waals surface area contributed by atoms with E-state index in [1.165, 1.54) is 14.2 Å². The Morgan fingerprint density at radius 1 is 0.913 bits per heavy atom. The van der Waals surface area contributed by atoms with Gasteiger partial charge in [0.2, 0.25) is 0 Å². The molecule has 1 aromatic carbocycles. The van der Waals surface area contributed by atoms with E-state index in [9.17, 15) is 9.59 Å². The van der Waals surface area contributed by atoms with Crippen LogP contribution in [0, 0.1) is 5.41 Å². The van der Waals surface area contributed by atoms with Gasteiger partial charge < -0.3 is 13.9 Å². The van der Waals surface area contributed by atoms with Crippen LogP contribution in [0.3, 0.4) is 0 Å². The molecule has 1 unspecified atom stereocenters. The molecule has 0 saturated heterocycles. The Hall–Kier alpha value is -1.66. The highest BCUT2D eigenvalue weighted by Gasteiger charge is 2.60. The summed E-state index contributed by atoms with van der Waals surface area (Å²) in [4.78, 5) is 25.3. The molecule has 0 aliphatic heterocycles. The van der Waals surface area contributed by atoms with E-state index in [1.807, 2.05) is 25.7 Å². The van der Waals surface area contributed by atoms with Crippen molar-refractivity contribution in [3.8, 4) is 0 Å². The molecule has 0 aliphatic carbocycles. The van der Waals surface area contributed by atoms with Gasteiger partial charge in [0.05, 0.1) is 14.2 Å². The van der Waals surface area contributed by atoms with Gasteiger partial charge in [-0.3, -0.25) is 4.79 Å². The maximum Gasteiger partial charge on any atom is 0.343 e. The van der Waals surface area contributed by atoms with Gasteiger partial charge in [-0.25, -0.2) is 4.79 Å². The van der Waals surface area contributed by atoms with E-state index in [4.69, 9.17) is 13.9 Å². The number of ether oxygens (including phenoxy) is 2. The van der Waals surface area contributed by atoms with Gasteiger partial charge in [-0.15, -0.1) is 0 Å². The van der Waals surface area contributed by atoms with Gasteiger partial charge >= 0.3 is 11.9 Å². The number of benzene rings is 1. The lowest BCUT2D eigenvalue weighted by atomic mass is 9.70. The second-order valence-corrected chi connectivity index (χ2v) is 11.3. The number of carbonyl (C=O) groups is 2. The normalized spacial score (nSPS) is 14.7. The summed E-state index contributed by atoms with van der Waals surface area (Å²) in [6, 6.07) is 8.97. The first-order valence-electron chi connectivity index (χ1n) is 7.45. The van der Waals surface area contributed by atoms with Crippen LogP contribution in [0.5, 0.6) is 0 Å². The summed E-state index contributed by atoms with van der Waals surface area (Å²) in [6.07, 6.45) is 0. The fourth-order valence-electron chi connectivity index (χ4n) is 2.64. The van der Waals surface area contributed by atoms with Gasteiger partial charge in [-0.1, -0.05) is 30.3 Å². The summed E-state index contributed by atoms with van der Waals surface area (Å²) in [6.45, 7) is 9.16. The summed E-state index contributed by atoms with van der Waals surface area (Å²) in [7, 11) is 0.358. The van der Waals surface area contributed by atoms with E-state index in [-0.39, 0.29) is 0 Å². The first kappa shape index (κ1) is 19.4. The maximum atomic E-state index is 12.8. The third kappa shape index (κ3) is 3.64. The summed E-state index contributed by atoms with van der Waals surface area (Å²) in [5, 5.41) is 0. The largest absolute Gasteiger partial charge is 0.469 e. The van der Waals surface area contributed by atoms with E-state index in [1.54, 1.807) is 38.1 Å². The topological polar surface area (TPSA) is 61.8 Å². The van der Waals surface area contributed by atoms with Crippen molar-refractivity contribution in [3.05, 3.63) is 35.9 Å². The molecule has 1 aromatic rings. The fraction of sp³-hybridized carbons (Fsp3) is 0.529. The van der Waals surface area contributed by atoms with Crippen LogP contribution in [0.15, 0.2) is 30.3 Å². The molecule has 0 N–H and O–H groups in total. The summed E-state index contributed by atoms with van der Waals surface area (Å²) in [5.74, 6) is -1.15. The number of esters is 2. The lowest BCUT2D eigenvalue weighted by Gasteiger charge is -2.45. The highest BCUT2D eigenvalue weighted by molar-refractivity contribution is 6.70. The molecule has 0 heterocycles. The average Bonchev–Trinajstić information content (AvgIpc) is 2.50. The highest BCUT2D eigenvalue weighted by atomic mass is 28.4. The molecule has 0 bridgehead atoms. The number of carbonyl (C=O) groups excluding carboxylic acids is 2. The molecule has 128 valence electrons. The lowest BCUT2D eigenvalue weighted by Crippen LogP contribution is -2.59. The Labute approximate surface area is 139 Å². The van der Waals surface area contributed by atoms with Crippen molar-refractivity contribution < 1.29 is 23.5 Å². The van der Waals surface area contributed by atoms with Crippen LogP contribution in [0.1, 0.15) is 19.4 Å². The van der Waals surface area contributed by atoms with E-state index >= 15 is 0 Å². The van der Waals surface area contributed by atoms with E-state index < -0.39 is 31.3 Å². The van der Waals surface area contributed by atoms with Gasteiger partial charge in [0.15, 0.2) is 13.9 Å². The fourth-order valence-corrected chi connectivity index (χ4v) is 4.01. The number of methoxy groups -OCH3 is 2. The molecule has 0 saturated carbocycles. The molecule has 0 aliphatic rings. The Morgan fingerprint density at radius 3 is 1.78 bits per heavy atom. The van der Waals surface area contributed by atoms with Crippen LogP contribution < -0.4 is 0 Å². The third-order valence-electron chi connectivity index (χ3n) is 3.69. The zero-order valence-corrected chi connectivity index (χ0v) is 15.9. The van der Waals surface area contributed by atoms with Crippen molar-refractivity contribution in [1.82, 2.24) is 0 Å². The van der Waals surface area contributed by atoms with Crippen molar-refractivity contribution >= 4 is 20.3 Å². The van der Waals surface area contributed by atoms with Gasteiger partial charge in [0, 0.05) is 0 Å². The second-order valence-electron chi connectivity index (χ2n) is 6.87. The molecule has 0 aromatic heterocycles. The first-order chi connectivity index (χ1) is 10.5. The van der Waals surface area contributed by atoms with Crippen molar-refractivity contribution in [2.24, 2.45) is 5.41 Å². The minimum atomic E-state index is -2.23. The van der Waals surface area contributed by atoms with Crippen LogP contribution in [-0.4, -0.2) is 34.5 Å². The SMILES string of the molecule is COC(=O)C(C)(C)C(O[Si](C)(C)C)(C(=O)OC)c1ccccc1. The Balaban J connectivity index is 3.74. The van der Waals surface area contributed by atoms with E-state index in [2.05, 4.69) is 0 Å². The summed E-state index contributed by atoms with van der Waals surface area (Å²) < 4.78 is 16.3. The van der Waals surface area contributed by atoms with Crippen LogP contribution in [0.25, 0.3) is 0 Å². The molecule has 0 fully saturated rings. The molecular formula is C17H26O5Si. The predicted molar refractivity (Wildman–Crippen MR) is 90.4 cm³/mol. The molecule has 5 nitrogen and oxygen atoms in total. The Kier molecular flexibility index (Phi) is 5.77. The zero-order chi connectivity index (χ0) is 17.9. The van der Waals surface area contributed by atoms with Gasteiger partial charge in [0.25, 0.3) is 0 Å². The Morgan fingerprint density at radius 2 is 1.39 bits per heavy atom. The predicted octanol–water partition coefficient (Wildman–Crippen LogP) is 3.11. The monoisotopic (exact) mass is 338 g/mol. The molecule has 1 atom stereocenters. The Bertz CT molecular complexity index is 562. The van der Waals surface area contributed by atoms with E-state index in [0.29, 0.717) is 5.56 Å². The highest BCUT2D eigenvalue weighted by Crippen LogP contribution is 2.46. The molecule has 6 heteroatoms. The smallest absolute Gasteiger partial charge is 0.343 e. The average molecular weight is 338 g/mol. The first-order valence-corrected chi connectivity index (χ1v) is 10.9. The van der Waals surface area contributed by atoms with Crippen molar-refractivity contribution in [2.75, 3.05) is 14.2 Å². The minimum absolute atomic E-state index is 0.537. The molecule has 1 rings (SSSR count). The van der Waals surface area contributed by atoms with Crippen LogP contribution in [0.2, 0.25) is 19.6 Å². The summed E-state index contributed by atoms with van der Waals surface area (Å²) >= 11 is 0. The minimum Gasteiger partial charge on any atom is -0.469 e. The van der Waals surface area contributed by atoms with Crippen molar-refractivity contribution in [3.63, 3.8) is 0 Å². The zero-order valence-electron chi connectivity index (χ0n) is 14.9. The van der Waals surface area contributed by atoms with Gasteiger partial charge in [0.1, 0.15) is 5.41 Å². The molecular weight excluding hydrogens is 312 g/mol. The van der Waals surface area contributed by atoms with Crippen LogP contribution in [0.4, 0.5) is 0 Å². The number of hydrogen-bond acceptors (Lipinski definition) is 5. The standard InChI is InChI=1S/C17H26O5Si/c1-16(2,14(18)20-3)17(15(19)21-4,22-23(5,6)7)13-11-9-8-10-12-13/h8-12H,1-7H3. The van der Waals surface area contributed by atoms with Crippen LogP contribution >= 0.6 is 0 Å². The molecule has 0 spiro atoms. The quantitative estimate of drug-likeness (QED) is 0.589. The van der Waals surface area contributed by atoms with Crippen molar-refractivity contribution in [1.29, 1.82) is 0 Å². The molecule has 0 radical (unpaired) electrons. The summed E-state index contributed by atoms with van der Waals surface area (Å²) in [5.41, 5.74) is -2.26. The third-order valence-corrected chi connectivity index (χ3v) is 4.61. The molecule has 23 heavy (non-hydrogen) atoms. The van der Waals surface area contributed by atoms with E-state index in [0.717, 1.165) is 0 Å². The molecule has 0 amide bonds. The van der Waals surface area contributed by atoms with Gasteiger partial charge in [-0.05, 0) is 39.1 Å². The maximum absolute atomic E-state index is 12.8. The lowest BCUT2D eigenvalue weighted by molar-refractivity contribution is -0.188. The number of hydrogen-bond donors (Lipinski definition) is 0. The van der Waals surface area contributed by atoms with Crippen LogP contribution in [-0.2, 0) is 29.1 Å².